The van der Waals surface area contributed by atoms with E-state index >= 15 is 0 Å². The molecule has 1 saturated heterocycles. The molecule has 0 spiro atoms. The number of piperidine rings is 1. The number of aliphatic hydroxyl groups excluding tert-OH is 1. The van der Waals surface area contributed by atoms with Crippen molar-refractivity contribution in [3.63, 3.8) is 0 Å². The van der Waals surface area contributed by atoms with Gasteiger partial charge in [-0.05, 0) is 22.8 Å². The summed E-state index contributed by atoms with van der Waals surface area (Å²) in [6, 6.07) is 14.8. The molecule has 0 unspecified atom stereocenters. The molecule has 1 aliphatic heterocycles. The number of rotatable bonds is 2. The summed E-state index contributed by atoms with van der Waals surface area (Å²) >= 11 is 0. The van der Waals surface area contributed by atoms with Gasteiger partial charge >= 0.3 is 0 Å². The highest BCUT2D eigenvalue weighted by atomic mass is 16.3. The molecular formula is C20H19N5O. The lowest BCUT2D eigenvalue weighted by Gasteiger charge is -2.37. The Hall–Kier alpha value is -2.99. The molecule has 5 rings (SSSR count). The number of fused-ring (bicyclic) bond motifs is 2. The van der Waals surface area contributed by atoms with Crippen molar-refractivity contribution in [2.24, 2.45) is 0 Å². The van der Waals surface area contributed by atoms with Gasteiger partial charge in [0.15, 0.2) is 11.5 Å². The predicted octanol–water partition coefficient (Wildman–Crippen LogP) is 2.86. The average Bonchev–Trinajstić information content (AvgIpc) is 3.16. The standard InChI is InChI=1S/C20H19N5O/c26-17-10-25(20-18-19(22-11-21-18)23-12-24-20)8-7-16(17)15-6-5-13-3-1-2-4-14(13)9-15/h1-6,9,11-12,16-17,26H,7-8,10H2,(H,21,22,23,24)/t16-,17+/m0/s1. The summed E-state index contributed by atoms with van der Waals surface area (Å²) in [5.41, 5.74) is 2.68. The number of β-amino-alcohol motifs (C(OH)–C–C–N with tert-alkyl or cyclic N) is 1. The number of nitrogens with zero attached hydrogens (tertiary/aromatic N) is 4. The van der Waals surface area contributed by atoms with Gasteiger partial charge in [0.05, 0.1) is 12.4 Å². The molecular weight excluding hydrogens is 326 g/mol. The van der Waals surface area contributed by atoms with Gasteiger partial charge in [0.2, 0.25) is 0 Å². The van der Waals surface area contributed by atoms with Gasteiger partial charge in [-0.1, -0.05) is 42.5 Å². The molecule has 2 N–H and O–H groups in total. The number of imidazole rings is 1. The zero-order valence-electron chi connectivity index (χ0n) is 14.2. The Bertz CT molecular complexity index is 1080. The maximum absolute atomic E-state index is 10.8. The third-order valence-electron chi connectivity index (χ3n) is 5.29. The third kappa shape index (κ3) is 2.50. The molecule has 0 bridgehead atoms. The van der Waals surface area contributed by atoms with Crippen LogP contribution in [0.15, 0.2) is 55.1 Å². The molecule has 26 heavy (non-hydrogen) atoms. The highest BCUT2D eigenvalue weighted by Crippen LogP contribution is 2.33. The molecule has 0 radical (unpaired) electrons. The van der Waals surface area contributed by atoms with E-state index in [1.165, 1.54) is 22.7 Å². The molecule has 6 heteroatoms. The summed E-state index contributed by atoms with van der Waals surface area (Å²) in [7, 11) is 0. The average molecular weight is 345 g/mol. The first-order valence-electron chi connectivity index (χ1n) is 8.85. The van der Waals surface area contributed by atoms with Crippen molar-refractivity contribution in [2.75, 3.05) is 18.0 Å². The Kier molecular flexibility index (Phi) is 3.57. The fraction of sp³-hybridized carbons (Fsp3) is 0.250. The zero-order chi connectivity index (χ0) is 17.5. The van der Waals surface area contributed by atoms with Crippen LogP contribution in [0.25, 0.3) is 21.9 Å². The number of hydrogen-bond acceptors (Lipinski definition) is 5. The summed E-state index contributed by atoms with van der Waals surface area (Å²) in [6.45, 7) is 1.38. The number of H-pyrrole nitrogens is 1. The fourth-order valence-electron chi connectivity index (χ4n) is 3.94. The second kappa shape index (κ2) is 6.07. The molecule has 1 aliphatic rings. The first kappa shape index (κ1) is 15.3. The maximum Gasteiger partial charge on any atom is 0.182 e. The van der Waals surface area contributed by atoms with Crippen molar-refractivity contribution in [1.29, 1.82) is 0 Å². The molecule has 4 aromatic rings. The molecule has 6 nitrogen and oxygen atoms in total. The van der Waals surface area contributed by atoms with Crippen molar-refractivity contribution in [2.45, 2.75) is 18.4 Å². The number of nitrogens with one attached hydrogen (secondary N) is 1. The molecule has 0 amide bonds. The summed E-state index contributed by atoms with van der Waals surface area (Å²) in [6.07, 6.45) is 3.58. The fourth-order valence-corrected chi connectivity index (χ4v) is 3.94. The van der Waals surface area contributed by atoms with Crippen LogP contribution in [0, 0.1) is 0 Å². The Morgan fingerprint density at radius 1 is 1.04 bits per heavy atom. The first-order valence-corrected chi connectivity index (χ1v) is 8.85. The van der Waals surface area contributed by atoms with Crippen molar-refractivity contribution in [3.8, 4) is 0 Å². The van der Waals surface area contributed by atoms with E-state index in [-0.39, 0.29) is 5.92 Å². The number of aromatic nitrogens is 4. The van der Waals surface area contributed by atoms with Gasteiger partial charge in [-0.15, -0.1) is 0 Å². The highest BCUT2D eigenvalue weighted by Gasteiger charge is 2.30. The van der Waals surface area contributed by atoms with Gasteiger partial charge < -0.3 is 15.0 Å². The summed E-state index contributed by atoms with van der Waals surface area (Å²) in [5, 5.41) is 13.3. The molecule has 2 aromatic heterocycles. The second-order valence-electron chi connectivity index (χ2n) is 6.81. The number of anilines is 1. The number of benzene rings is 2. The van der Waals surface area contributed by atoms with Crippen LogP contribution in [0.1, 0.15) is 17.9 Å². The first-order chi connectivity index (χ1) is 12.8. The Balaban J connectivity index is 1.42. The molecule has 2 atom stereocenters. The summed E-state index contributed by atoms with van der Waals surface area (Å²) in [5.74, 6) is 0.943. The largest absolute Gasteiger partial charge is 0.391 e. The van der Waals surface area contributed by atoms with E-state index in [1.807, 2.05) is 6.07 Å². The van der Waals surface area contributed by atoms with Crippen LogP contribution >= 0.6 is 0 Å². The second-order valence-corrected chi connectivity index (χ2v) is 6.81. The van der Waals surface area contributed by atoms with Crippen LogP contribution in [0.4, 0.5) is 5.82 Å². The minimum Gasteiger partial charge on any atom is -0.391 e. The smallest absolute Gasteiger partial charge is 0.182 e. The van der Waals surface area contributed by atoms with Crippen LogP contribution in [0.2, 0.25) is 0 Å². The molecule has 0 saturated carbocycles. The number of aliphatic hydroxyl groups is 1. The maximum atomic E-state index is 10.8. The van der Waals surface area contributed by atoms with Gasteiger partial charge in [0.1, 0.15) is 11.8 Å². The highest BCUT2D eigenvalue weighted by molar-refractivity contribution is 5.84. The van der Waals surface area contributed by atoms with Gasteiger partial charge in [0, 0.05) is 19.0 Å². The van der Waals surface area contributed by atoms with Gasteiger partial charge in [0.25, 0.3) is 0 Å². The normalized spacial score (nSPS) is 20.7. The Morgan fingerprint density at radius 2 is 1.92 bits per heavy atom. The van der Waals surface area contributed by atoms with Crippen molar-refractivity contribution in [1.82, 2.24) is 19.9 Å². The van der Waals surface area contributed by atoms with Gasteiger partial charge in [-0.2, -0.15) is 0 Å². The van der Waals surface area contributed by atoms with Gasteiger partial charge in [-0.25, -0.2) is 15.0 Å². The topological polar surface area (TPSA) is 77.9 Å². The van der Waals surface area contributed by atoms with Crippen LogP contribution < -0.4 is 4.90 Å². The lowest BCUT2D eigenvalue weighted by Crippen LogP contribution is -2.43. The lowest BCUT2D eigenvalue weighted by molar-refractivity contribution is 0.130. The molecule has 2 aromatic carbocycles. The minimum absolute atomic E-state index is 0.134. The molecule has 3 heterocycles. The SMILES string of the molecule is O[C@@H]1CN(c2ncnc3nc[nH]c23)CC[C@H]1c1ccc2ccccc2c1. The quantitative estimate of drug-likeness (QED) is 0.584. The van der Waals surface area contributed by atoms with E-state index in [0.717, 1.165) is 24.3 Å². The van der Waals surface area contributed by atoms with E-state index < -0.39 is 6.10 Å². The predicted molar refractivity (Wildman–Crippen MR) is 101 cm³/mol. The lowest BCUT2D eigenvalue weighted by atomic mass is 9.86. The van der Waals surface area contributed by atoms with Crippen LogP contribution in [0.5, 0.6) is 0 Å². The summed E-state index contributed by atoms with van der Waals surface area (Å²) < 4.78 is 0. The van der Waals surface area contributed by atoms with Crippen molar-refractivity contribution in [3.05, 3.63) is 60.7 Å². The van der Waals surface area contributed by atoms with E-state index in [2.05, 4.69) is 61.2 Å². The van der Waals surface area contributed by atoms with Crippen LogP contribution in [-0.4, -0.2) is 44.2 Å². The van der Waals surface area contributed by atoms with Crippen LogP contribution in [-0.2, 0) is 0 Å². The van der Waals surface area contributed by atoms with Crippen molar-refractivity contribution < 1.29 is 5.11 Å². The monoisotopic (exact) mass is 345 g/mol. The zero-order valence-corrected chi connectivity index (χ0v) is 14.2. The van der Waals surface area contributed by atoms with Crippen molar-refractivity contribution >= 4 is 27.8 Å². The summed E-state index contributed by atoms with van der Waals surface area (Å²) in [4.78, 5) is 18.0. The van der Waals surface area contributed by atoms with E-state index in [9.17, 15) is 5.11 Å². The molecule has 0 aliphatic carbocycles. The Labute approximate surface area is 150 Å². The van der Waals surface area contributed by atoms with E-state index in [1.54, 1.807) is 6.33 Å². The van der Waals surface area contributed by atoms with Gasteiger partial charge in [-0.3, -0.25) is 0 Å². The minimum atomic E-state index is -0.446. The number of aromatic amines is 1. The van der Waals surface area contributed by atoms with E-state index in [4.69, 9.17) is 0 Å². The molecule has 130 valence electrons. The number of hydrogen-bond donors (Lipinski definition) is 2. The van der Waals surface area contributed by atoms with Crippen LogP contribution in [0.3, 0.4) is 0 Å². The van der Waals surface area contributed by atoms with E-state index in [0.29, 0.717) is 12.2 Å². The third-order valence-corrected chi connectivity index (χ3v) is 5.29. The Morgan fingerprint density at radius 3 is 2.81 bits per heavy atom. The molecule has 1 fully saturated rings.